The topological polar surface area (TPSA) is 54.2 Å². The van der Waals surface area contributed by atoms with E-state index in [0.717, 1.165) is 18.7 Å². The van der Waals surface area contributed by atoms with E-state index in [-0.39, 0.29) is 6.10 Å². The molecule has 112 valence electrons. The summed E-state index contributed by atoms with van der Waals surface area (Å²) in [6.07, 6.45) is 6.80. The average molecular weight is 278 g/mol. The van der Waals surface area contributed by atoms with Gasteiger partial charge in [-0.05, 0) is 52.5 Å². The smallest absolute Gasteiger partial charge is 0.138 e. The first-order valence-corrected chi connectivity index (χ1v) is 7.84. The molecule has 2 saturated heterocycles. The van der Waals surface area contributed by atoms with Gasteiger partial charge in [-0.2, -0.15) is 5.10 Å². The lowest BCUT2D eigenvalue weighted by Gasteiger charge is -2.38. The summed E-state index contributed by atoms with van der Waals surface area (Å²) in [7, 11) is 2.24. The molecule has 0 aliphatic carbocycles. The molecule has 20 heavy (non-hydrogen) atoms. The molecule has 1 aromatic rings. The maximum absolute atomic E-state index is 10.6. The molecule has 3 unspecified atom stereocenters. The van der Waals surface area contributed by atoms with Gasteiger partial charge < -0.3 is 10.0 Å². The fourth-order valence-corrected chi connectivity index (χ4v) is 3.97. The van der Waals surface area contributed by atoms with Crippen LogP contribution in [0.3, 0.4) is 0 Å². The van der Waals surface area contributed by atoms with Crippen LogP contribution in [0, 0.1) is 5.92 Å². The number of nitrogens with zero attached hydrogens (tertiary/aromatic N) is 4. The summed E-state index contributed by atoms with van der Waals surface area (Å²) in [6, 6.07) is 1.65. The Kier molecular flexibility index (Phi) is 3.82. The van der Waals surface area contributed by atoms with Gasteiger partial charge in [0, 0.05) is 24.5 Å². The maximum atomic E-state index is 10.6. The van der Waals surface area contributed by atoms with Crippen molar-refractivity contribution in [3.8, 4) is 0 Å². The van der Waals surface area contributed by atoms with Crippen molar-refractivity contribution in [1.82, 2.24) is 19.7 Å². The second-order valence-electron chi connectivity index (χ2n) is 6.77. The molecule has 5 nitrogen and oxygen atoms in total. The van der Waals surface area contributed by atoms with Gasteiger partial charge in [0.1, 0.15) is 12.2 Å². The molecule has 3 heterocycles. The Morgan fingerprint density at radius 3 is 2.55 bits per heavy atom. The van der Waals surface area contributed by atoms with E-state index in [2.05, 4.69) is 35.9 Å². The number of aromatic nitrogens is 3. The third-order valence-corrected chi connectivity index (χ3v) is 5.21. The SMILES string of the molecule is CC(C)n1ncnc1CC(O)C1CC2CCC(C1)N2C. The average Bonchev–Trinajstić information content (AvgIpc) is 2.91. The van der Waals surface area contributed by atoms with E-state index in [9.17, 15) is 5.11 Å². The molecular formula is C15H26N4O. The molecule has 2 aliphatic rings. The second-order valence-corrected chi connectivity index (χ2v) is 6.77. The monoisotopic (exact) mass is 278 g/mol. The minimum Gasteiger partial charge on any atom is -0.392 e. The van der Waals surface area contributed by atoms with Crippen molar-refractivity contribution in [3.05, 3.63) is 12.2 Å². The minimum absolute atomic E-state index is 0.284. The van der Waals surface area contributed by atoms with Crippen LogP contribution in [-0.4, -0.2) is 50.0 Å². The molecule has 0 radical (unpaired) electrons. The first-order valence-electron chi connectivity index (χ1n) is 7.84. The fraction of sp³-hybridized carbons (Fsp3) is 0.867. The van der Waals surface area contributed by atoms with Gasteiger partial charge in [-0.15, -0.1) is 0 Å². The maximum Gasteiger partial charge on any atom is 0.138 e. The van der Waals surface area contributed by atoms with Gasteiger partial charge in [-0.1, -0.05) is 0 Å². The highest BCUT2D eigenvalue weighted by Crippen LogP contribution is 2.39. The van der Waals surface area contributed by atoms with E-state index < -0.39 is 0 Å². The zero-order chi connectivity index (χ0) is 14.3. The highest BCUT2D eigenvalue weighted by atomic mass is 16.3. The van der Waals surface area contributed by atoms with Crippen LogP contribution in [0.15, 0.2) is 6.33 Å². The van der Waals surface area contributed by atoms with Crippen molar-refractivity contribution in [2.24, 2.45) is 5.92 Å². The third kappa shape index (κ3) is 2.49. The molecule has 2 aliphatic heterocycles. The summed E-state index contributed by atoms with van der Waals surface area (Å²) in [4.78, 5) is 6.84. The number of piperidine rings is 1. The lowest BCUT2D eigenvalue weighted by Crippen LogP contribution is -2.43. The Morgan fingerprint density at radius 1 is 1.30 bits per heavy atom. The summed E-state index contributed by atoms with van der Waals surface area (Å²) in [6.45, 7) is 4.20. The van der Waals surface area contributed by atoms with E-state index >= 15 is 0 Å². The van der Waals surface area contributed by atoms with E-state index in [1.165, 1.54) is 12.8 Å². The van der Waals surface area contributed by atoms with Gasteiger partial charge in [-0.3, -0.25) is 0 Å². The molecule has 2 bridgehead atoms. The summed E-state index contributed by atoms with van der Waals surface area (Å²) in [5.74, 6) is 1.33. The fourth-order valence-electron chi connectivity index (χ4n) is 3.97. The van der Waals surface area contributed by atoms with Gasteiger partial charge in [0.2, 0.25) is 0 Å². The van der Waals surface area contributed by atoms with Gasteiger partial charge >= 0.3 is 0 Å². The number of hydrogen-bond donors (Lipinski definition) is 1. The first-order chi connectivity index (χ1) is 9.56. The highest BCUT2D eigenvalue weighted by Gasteiger charge is 2.40. The number of aliphatic hydroxyl groups is 1. The number of fused-ring (bicyclic) bond motifs is 2. The normalized spacial score (nSPS) is 31.9. The van der Waals surface area contributed by atoms with Crippen LogP contribution in [0.5, 0.6) is 0 Å². The van der Waals surface area contributed by atoms with Gasteiger partial charge in [0.25, 0.3) is 0 Å². The Balaban J connectivity index is 1.65. The summed E-state index contributed by atoms with van der Waals surface area (Å²) in [5, 5.41) is 14.9. The Morgan fingerprint density at radius 2 is 1.95 bits per heavy atom. The molecule has 3 atom stereocenters. The predicted octanol–water partition coefficient (Wildman–Crippen LogP) is 1.64. The first kappa shape index (κ1) is 14.0. The number of aliphatic hydroxyl groups excluding tert-OH is 1. The van der Waals surface area contributed by atoms with Crippen molar-refractivity contribution < 1.29 is 5.11 Å². The van der Waals surface area contributed by atoms with E-state index in [0.29, 0.717) is 30.5 Å². The van der Waals surface area contributed by atoms with Crippen LogP contribution in [0.4, 0.5) is 0 Å². The molecule has 0 amide bonds. The van der Waals surface area contributed by atoms with Crippen LogP contribution in [-0.2, 0) is 6.42 Å². The molecule has 0 aromatic carbocycles. The molecular weight excluding hydrogens is 252 g/mol. The highest BCUT2D eigenvalue weighted by molar-refractivity contribution is 4.98. The van der Waals surface area contributed by atoms with E-state index in [1.54, 1.807) is 6.33 Å². The molecule has 0 saturated carbocycles. The molecule has 3 rings (SSSR count). The third-order valence-electron chi connectivity index (χ3n) is 5.21. The Bertz CT molecular complexity index is 444. The lowest BCUT2D eigenvalue weighted by atomic mass is 9.85. The van der Waals surface area contributed by atoms with Crippen molar-refractivity contribution in [1.29, 1.82) is 0 Å². The zero-order valence-corrected chi connectivity index (χ0v) is 12.7. The van der Waals surface area contributed by atoms with Crippen LogP contribution in [0.2, 0.25) is 0 Å². The molecule has 5 heteroatoms. The Hall–Kier alpha value is -0.940. The zero-order valence-electron chi connectivity index (χ0n) is 12.7. The van der Waals surface area contributed by atoms with Crippen molar-refractivity contribution in [2.45, 2.75) is 70.2 Å². The quantitative estimate of drug-likeness (QED) is 0.909. The largest absolute Gasteiger partial charge is 0.392 e. The van der Waals surface area contributed by atoms with Crippen LogP contribution in [0.1, 0.15) is 51.4 Å². The van der Waals surface area contributed by atoms with Crippen molar-refractivity contribution >= 4 is 0 Å². The van der Waals surface area contributed by atoms with Gasteiger partial charge in [0.05, 0.1) is 6.10 Å². The Labute approximate surface area is 121 Å². The molecule has 1 aromatic heterocycles. The second kappa shape index (κ2) is 5.45. The van der Waals surface area contributed by atoms with Gasteiger partial charge in [0.15, 0.2) is 0 Å². The van der Waals surface area contributed by atoms with Crippen molar-refractivity contribution in [3.63, 3.8) is 0 Å². The molecule has 1 N–H and O–H groups in total. The number of rotatable bonds is 4. The van der Waals surface area contributed by atoms with Crippen LogP contribution < -0.4 is 0 Å². The van der Waals surface area contributed by atoms with E-state index in [1.807, 2.05) is 4.68 Å². The van der Waals surface area contributed by atoms with Gasteiger partial charge in [-0.25, -0.2) is 9.67 Å². The van der Waals surface area contributed by atoms with Crippen molar-refractivity contribution in [2.75, 3.05) is 7.05 Å². The summed E-state index contributed by atoms with van der Waals surface area (Å²) < 4.78 is 1.92. The van der Waals surface area contributed by atoms with Crippen LogP contribution >= 0.6 is 0 Å². The lowest BCUT2D eigenvalue weighted by molar-refractivity contribution is 0.0350. The number of hydrogen-bond acceptors (Lipinski definition) is 4. The summed E-state index contributed by atoms with van der Waals surface area (Å²) in [5.41, 5.74) is 0. The van der Waals surface area contributed by atoms with E-state index in [4.69, 9.17) is 0 Å². The standard InChI is InChI=1S/C15H26N4O/c1-10(2)19-15(16-9-17-19)8-14(20)11-6-12-4-5-13(7-11)18(12)3/h9-14,20H,4-8H2,1-3H3. The minimum atomic E-state index is -0.284. The molecule has 2 fully saturated rings. The summed E-state index contributed by atoms with van der Waals surface area (Å²) >= 11 is 0. The van der Waals surface area contributed by atoms with Crippen LogP contribution in [0.25, 0.3) is 0 Å². The predicted molar refractivity (Wildman–Crippen MR) is 77.4 cm³/mol. The molecule has 0 spiro atoms.